The molecule has 0 aromatic rings. The largest absolute Gasteiger partial charge is 0.462 e. The molecule has 0 bridgehead atoms. The Morgan fingerprint density at radius 1 is 0.912 bits per heavy atom. The van der Waals surface area contributed by atoms with Crippen LogP contribution in [0.5, 0.6) is 0 Å². The predicted octanol–water partition coefficient (Wildman–Crippen LogP) is 7.99. The molecule has 4 heteroatoms. The van der Waals surface area contributed by atoms with E-state index in [-0.39, 0.29) is 18.0 Å². The van der Waals surface area contributed by atoms with Crippen LogP contribution >= 0.6 is 0 Å². The van der Waals surface area contributed by atoms with E-state index in [0.29, 0.717) is 36.0 Å². The first-order valence-electron chi connectivity index (χ1n) is 14.0. The normalized spacial score (nSPS) is 35.4. The van der Waals surface area contributed by atoms with E-state index in [1.807, 2.05) is 6.92 Å². The molecule has 34 heavy (non-hydrogen) atoms. The van der Waals surface area contributed by atoms with E-state index < -0.39 is 6.17 Å². The molecular formula is C30H49FO3. The average Bonchev–Trinajstić information content (AvgIpc) is 2.82. The summed E-state index contributed by atoms with van der Waals surface area (Å²) in [6.07, 6.45) is 14.4. The molecule has 0 N–H and O–H groups in total. The lowest BCUT2D eigenvalue weighted by atomic mass is 9.64. The number of alkyl halides is 1. The Kier molecular flexibility index (Phi) is 10.7. The lowest BCUT2D eigenvalue weighted by molar-refractivity contribution is -0.139. The topological polar surface area (TPSA) is 35.5 Å². The van der Waals surface area contributed by atoms with Crippen molar-refractivity contribution >= 4 is 5.97 Å². The van der Waals surface area contributed by atoms with Gasteiger partial charge in [0.2, 0.25) is 0 Å². The second-order valence-corrected chi connectivity index (χ2v) is 11.8. The van der Waals surface area contributed by atoms with Crippen molar-refractivity contribution in [2.75, 3.05) is 6.61 Å². The molecule has 4 unspecified atom stereocenters. The van der Waals surface area contributed by atoms with Crippen LogP contribution < -0.4 is 0 Å². The average molecular weight is 477 g/mol. The molecule has 0 saturated heterocycles. The van der Waals surface area contributed by atoms with Crippen LogP contribution in [0, 0.1) is 29.6 Å². The van der Waals surface area contributed by atoms with Gasteiger partial charge < -0.3 is 9.47 Å². The summed E-state index contributed by atoms with van der Waals surface area (Å²) in [6, 6.07) is 0. The summed E-state index contributed by atoms with van der Waals surface area (Å²) in [5.74, 6) is 2.57. The molecule has 3 nitrogen and oxygen atoms in total. The highest BCUT2D eigenvalue weighted by Gasteiger charge is 2.40. The molecule has 0 heterocycles. The third-order valence-electron chi connectivity index (χ3n) is 9.17. The highest BCUT2D eigenvalue weighted by atomic mass is 19.1. The summed E-state index contributed by atoms with van der Waals surface area (Å²) in [5.41, 5.74) is 1.55. The number of halogens is 1. The van der Waals surface area contributed by atoms with E-state index in [1.165, 1.54) is 32.1 Å². The van der Waals surface area contributed by atoms with Gasteiger partial charge in [-0.3, -0.25) is 0 Å². The Bertz CT molecular complexity index is 673. The second-order valence-electron chi connectivity index (χ2n) is 11.8. The summed E-state index contributed by atoms with van der Waals surface area (Å²) < 4.78 is 26.7. The Balaban J connectivity index is 1.33. The van der Waals surface area contributed by atoms with E-state index >= 15 is 4.39 Å². The Morgan fingerprint density at radius 2 is 1.53 bits per heavy atom. The van der Waals surface area contributed by atoms with Crippen molar-refractivity contribution in [1.29, 1.82) is 0 Å². The lowest BCUT2D eigenvalue weighted by Gasteiger charge is -2.43. The number of hydrogen-bond acceptors (Lipinski definition) is 3. The fourth-order valence-corrected chi connectivity index (χ4v) is 6.79. The molecular weight excluding hydrogens is 427 g/mol. The predicted molar refractivity (Wildman–Crippen MR) is 137 cm³/mol. The van der Waals surface area contributed by atoms with Crippen LogP contribution in [0.4, 0.5) is 4.39 Å². The number of esters is 1. The minimum absolute atomic E-state index is 0.125. The van der Waals surface area contributed by atoms with Gasteiger partial charge in [0, 0.05) is 5.57 Å². The molecule has 0 aromatic heterocycles. The second kappa shape index (κ2) is 13.2. The summed E-state index contributed by atoms with van der Waals surface area (Å²) in [4.78, 5) is 11.5. The van der Waals surface area contributed by atoms with Crippen LogP contribution in [0.2, 0.25) is 0 Å². The van der Waals surface area contributed by atoms with Gasteiger partial charge in [0.25, 0.3) is 0 Å². The molecule has 0 spiro atoms. The van der Waals surface area contributed by atoms with Crippen molar-refractivity contribution in [3.63, 3.8) is 0 Å². The molecule has 0 aromatic carbocycles. The molecule has 3 saturated carbocycles. The van der Waals surface area contributed by atoms with E-state index in [0.717, 1.165) is 62.9 Å². The van der Waals surface area contributed by atoms with E-state index in [2.05, 4.69) is 20.1 Å². The zero-order chi connectivity index (χ0) is 24.7. The number of ether oxygens (including phenoxy) is 2. The highest BCUT2D eigenvalue weighted by Crippen LogP contribution is 2.47. The van der Waals surface area contributed by atoms with Gasteiger partial charge in [0.15, 0.2) is 0 Å². The molecule has 3 aliphatic rings. The van der Waals surface area contributed by atoms with Crippen LogP contribution in [0.3, 0.4) is 0 Å². The Hall–Kier alpha value is -1.16. The smallest absolute Gasteiger partial charge is 0.333 e. The monoisotopic (exact) mass is 476 g/mol. The van der Waals surface area contributed by atoms with Gasteiger partial charge in [-0.1, -0.05) is 31.6 Å². The SMILES string of the molecule is C=C(C)C(=O)OCCCC1CCC(C2CCC(C3CCC(OC(C)C(=C)C)CC3)C(F)C2)CC1. The first-order valence-corrected chi connectivity index (χ1v) is 14.0. The van der Waals surface area contributed by atoms with Gasteiger partial charge in [-0.05, 0) is 121 Å². The zero-order valence-electron chi connectivity index (χ0n) is 22.0. The van der Waals surface area contributed by atoms with Crippen molar-refractivity contribution in [2.45, 2.75) is 123 Å². The van der Waals surface area contributed by atoms with Crippen molar-refractivity contribution in [3.05, 3.63) is 24.3 Å². The Labute approximate surface area is 207 Å². The van der Waals surface area contributed by atoms with Crippen LogP contribution in [-0.2, 0) is 14.3 Å². The zero-order valence-corrected chi connectivity index (χ0v) is 22.0. The third-order valence-corrected chi connectivity index (χ3v) is 9.17. The molecule has 0 radical (unpaired) electrons. The molecule has 0 amide bonds. The third kappa shape index (κ3) is 7.93. The van der Waals surface area contributed by atoms with Gasteiger partial charge in [-0.2, -0.15) is 0 Å². The van der Waals surface area contributed by atoms with Crippen LogP contribution in [0.25, 0.3) is 0 Å². The van der Waals surface area contributed by atoms with Crippen LogP contribution in [-0.4, -0.2) is 31.0 Å². The van der Waals surface area contributed by atoms with Crippen molar-refractivity contribution < 1.29 is 18.7 Å². The van der Waals surface area contributed by atoms with Crippen LogP contribution in [0.15, 0.2) is 24.3 Å². The van der Waals surface area contributed by atoms with E-state index in [1.54, 1.807) is 6.92 Å². The summed E-state index contributed by atoms with van der Waals surface area (Å²) in [7, 11) is 0. The van der Waals surface area contributed by atoms with Gasteiger partial charge in [-0.25, -0.2) is 9.18 Å². The van der Waals surface area contributed by atoms with Gasteiger partial charge in [0.1, 0.15) is 6.17 Å². The van der Waals surface area contributed by atoms with Gasteiger partial charge >= 0.3 is 5.97 Å². The van der Waals surface area contributed by atoms with Crippen molar-refractivity contribution in [1.82, 2.24) is 0 Å². The minimum Gasteiger partial charge on any atom is -0.462 e. The van der Waals surface area contributed by atoms with E-state index in [4.69, 9.17) is 9.47 Å². The van der Waals surface area contributed by atoms with Crippen LogP contribution in [0.1, 0.15) is 104 Å². The standard InChI is InChI=1S/C30H49FO3/c1-20(2)22(5)34-27-15-12-25(13-16-27)28-17-14-26(19-29(28)31)24-10-8-23(9-11-24)7-6-18-33-30(32)21(3)4/h22-29H,1,3,6-19H2,2,4-5H3. The maximum atomic E-state index is 15.4. The Morgan fingerprint density at radius 3 is 2.12 bits per heavy atom. The van der Waals surface area contributed by atoms with Crippen molar-refractivity contribution in [3.8, 4) is 0 Å². The quantitative estimate of drug-likeness (QED) is 0.139. The minimum atomic E-state index is -0.615. The molecule has 3 fully saturated rings. The molecule has 4 atom stereocenters. The number of carbonyl (C=O) groups excluding carboxylic acids is 1. The maximum Gasteiger partial charge on any atom is 0.333 e. The summed E-state index contributed by atoms with van der Waals surface area (Å²) >= 11 is 0. The van der Waals surface area contributed by atoms with Crippen molar-refractivity contribution in [2.24, 2.45) is 29.6 Å². The summed E-state index contributed by atoms with van der Waals surface area (Å²) in [5, 5.41) is 0. The maximum absolute atomic E-state index is 15.4. The van der Waals surface area contributed by atoms with E-state index in [9.17, 15) is 4.79 Å². The fourth-order valence-electron chi connectivity index (χ4n) is 6.79. The first-order chi connectivity index (χ1) is 16.2. The molecule has 3 aliphatic carbocycles. The molecule has 3 rings (SSSR count). The molecule has 0 aliphatic heterocycles. The molecule has 194 valence electrons. The van der Waals surface area contributed by atoms with Gasteiger partial charge in [0.05, 0.1) is 18.8 Å². The number of rotatable bonds is 10. The highest BCUT2D eigenvalue weighted by molar-refractivity contribution is 5.86. The lowest BCUT2D eigenvalue weighted by Crippen LogP contribution is -2.37. The number of carbonyl (C=O) groups is 1. The first kappa shape index (κ1) is 27.4. The number of hydrogen-bond donors (Lipinski definition) is 0. The van der Waals surface area contributed by atoms with Gasteiger partial charge in [-0.15, -0.1) is 0 Å². The fraction of sp³-hybridized carbons (Fsp3) is 0.833. The summed E-state index contributed by atoms with van der Waals surface area (Å²) in [6.45, 7) is 13.9.